The molecule has 1 N–H and O–H groups in total. The summed E-state index contributed by atoms with van der Waals surface area (Å²) in [7, 11) is 0. The number of aromatic nitrogens is 5. The Hall–Kier alpha value is -3.19. The molecule has 0 bridgehead atoms. The van der Waals surface area contributed by atoms with E-state index in [9.17, 15) is 4.79 Å². The van der Waals surface area contributed by atoms with Crippen molar-refractivity contribution < 1.29 is 4.74 Å². The highest BCUT2D eigenvalue weighted by Gasteiger charge is 2.09. The number of nitrogens with one attached hydrogen (secondary N) is 1. The van der Waals surface area contributed by atoms with Crippen molar-refractivity contribution in [3.05, 3.63) is 76.1 Å². The summed E-state index contributed by atoms with van der Waals surface area (Å²) in [5.41, 5.74) is 1.03. The van der Waals surface area contributed by atoms with Gasteiger partial charge in [-0.2, -0.15) is 0 Å². The first-order valence-electron chi connectivity index (χ1n) is 7.47. The lowest BCUT2D eigenvalue weighted by molar-refractivity contribution is 0.483. The van der Waals surface area contributed by atoms with Gasteiger partial charge in [0.2, 0.25) is 0 Å². The number of nitrogens with zero attached hydrogens (tertiary/aromatic N) is 4. The first-order chi connectivity index (χ1) is 12.2. The maximum absolute atomic E-state index is 12.7. The highest BCUT2D eigenvalue weighted by atomic mass is 35.5. The number of hydrogen-bond acceptors (Lipinski definition) is 5. The number of hydrogen-bond donors (Lipinski definition) is 1. The van der Waals surface area contributed by atoms with Gasteiger partial charge < -0.3 is 9.72 Å². The molecule has 0 saturated carbocycles. The minimum atomic E-state index is -0.249. The van der Waals surface area contributed by atoms with Gasteiger partial charge in [-0.25, -0.2) is 9.67 Å². The smallest absolute Gasteiger partial charge is 0.278 e. The summed E-state index contributed by atoms with van der Waals surface area (Å²) in [6.07, 6.45) is 3.19. The van der Waals surface area contributed by atoms with Crippen LogP contribution in [0, 0.1) is 0 Å². The van der Waals surface area contributed by atoms with Crippen molar-refractivity contribution in [3.8, 4) is 11.5 Å². The molecule has 8 heteroatoms. The first-order valence-corrected chi connectivity index (χ1v) is 7.85. The molecule has 0 radical (unpaired) electrons. The maximum Gasteiger partial charge on any atom is 0.278 e. The van der Waals surface area contributed by atoms with Crippen LogP contribution in [0.2, 0.25) is 5.02 Å². The van der Waals surface area contributed by atoms with E-state index in [0.29, 0.717) is 27.4 Å². The quantitative estimate of drug-likeness (QED) is 0.609. The summed E-state index contributed by atoms with van der Waals surface area (Å²) < 4.78 is 7.05. The van der Waals surface area contributed by atoms with Gasteiger partial charge in [-0.05, 0) is 42.5 Å². The fourth-order valence-corrected chi connectivity index (χ4v) is 2.52. The van der Waals surface area contributed by atoms with Crippen LogP contribution < -0.4 is 10.3 Å². The fourth-order valence-electron chi connectivity index (χ4n) is 2.39. The predicted octanol–water partition coefficient (Wildman–Crippen LogP) is 3.01. The molecule has 4 aromatic rings. The molecule has 0 saturated heterocycles. The fraction of sp³-hybridized carbons (Fsp3) is 0.0588. The van der Waals surface area contributed by atoms with Crippen molar-refractivity contribution in [2.24, 2.45) is 0 Å². The maximum atomic E-state index is 12.7. The molecule has 0 aliphatic carbocycles. The SMILES string of the molecule is O=c1c2cc(Oc3ccc(Cl)cc3)ccc2nnn1Cc1cnc[nH]1. The third-order valence-corrected chi connectivity index (χ3v) is 3.87. The van der Waals surface area contributed by atoms with E-state index in [4.69, 9.17) is 16.3 Å². The Morgan fingerprint density at radius 3 is 2.68 bits per heavy atom. The zero-order valence-corrected chi connectivity index (χ0v) is 13.6. The zero-order valence-electron chi connectivity index (χ0n) is 12.9. The van der Waals surface area contributed by atoms with Gasteiger partial charge in [-0.1, -0.05) is 16.8 Å². The molecule has 25 heavy (non-hydrogen) atoms. The summed E-state index contributed by atoms with van der Waals surface area (Å²) in [6.45, 7) is 0.268. The van der Waals surface area contributed by atoms with E-state index in [-0.39, 0.29) is 12.1 Å². The molecule has 0 aliphatic heterocycles. The van der Waals surface area contributed by atoms with Crippen molar-refractivity contribution in [2.75, 3.05) is 0 Å². The minimum Gasteiger partial charge on any atom is -0.457 e. The largest absolute Gasteiger partial charge is 0.457 e. The Morgan fingerprint density at radius 2 is 1.92 bits per heavy atom. The van der Waals surface area contributed by atoms with Crippen molar-refractivity contribution in [1.29, 1.82) is 0 Å². The van der Waals surface area contributed by atoms with Crippen LogP contribution in [0.15, 0.2) is 59.8 Å². The van der Waals surface area contributed by atoms with E-state index < -0.39 is 0 Å². The summed E-state index contributed by atoms with van der Waals surface area (Å²) in [5, 5.41) is 9.10. The van der Waals surface area contributed by atoms with E-state index in [0.717, 1.165) is 5.69 Å². The highest BCUT2D eigenvalue weighted by Crippen LogP contribution is 2.24. The molecular weight excluding hydrogens is 342 g/mol. The van der Waals surface area contributed by atoms with Gasteiger partial charge in [0.25, 0.3) is 5.56 Å². The van der Waals surface area contributed by atoms with Crippen LogP contribution in [-0.4, -0.2) is 25.0 Å². The number of benzene rings is 2. The molecule has 0 unspecified atom stereocenters. The predicted molar refractivity (Wildman–Crippen MR) is 93.0 cm³/mol. The molecule has 0 fully saturated rings. The Kier molecular flexibility index (Phi) is 3.91. The van der Waals surface area contributed by atoms with Gasteiger partial charge in [0.05, 0.1) is 24.0 Å². The summed E-state index contributed by atoms with van der Waals surface area (Å²) in [6, 6.07) is 12.1. The van der Waals surface area contributed by atoms with Gasteiger partial charge in [-0.15, -0.1) is 5.10 Å². The van der Waals surface area contributed by atoms with Crippen molar-refractivity contribution >= 4 is 22.5 Å². The second-order valence-corrected chi connectivity index (χ2v) is 5.80. The van der Waals surface area contributed by atoms with Crippen molar-refractivity contribution in [1.82, 2.24) is 25.0 Å². The molecule has 2 heterocycles. The Bertz CT molecular complexity index is 1070. The third-order valence-electron chi connectivity index (χ3n) is 3.62. The molecule has 0 amide bonds. The van der Waals surface area contributed by atoms with E-state index in [1.54, 1.807) is 55.0 Å². The van der Waals surface area contributed by atoms with Crippen LogP contribution in [0.4, 0.5) is 0 Å². The number of aromatic amines is 1. The normalized spacial score (nSPS) is 10.9. The third kappa shape index (κ3) is 3.22. The molecule has 0 atom stereocenters. The lowest BCUT2D eigenvalue weighted by atomic mass is 10.2. The van der Waals surface area contributed by atoms with Crippen LogP contribution in [-0.2, 0) is 6.54 Å². The number of halogens is 1. The lowest BCUT2D eigenvalue weighted by Gasteiger charge is -2.07. The van der Waals surface area contributed by atoms with E-state index in [2.05, 4.69) is 20.3 Å². The van der Waals surface area contributed by atoms with Crippen LogP contribution in [0.3, 0.4) is 0 Å². The van der Waals surface area contributed by atoms with Crippen molar-refractivity contribution in [2.45, 2.75) is 6.54 Å². The summed E-state index contributed by atoms with van der Waals surface area (Å²) in [4.78, 5) is 19.5. The molecule has 7 nitrogen and oxygen atoms in total. The van der Waals surface area contributed by atoms with Crippen LogP contribution >= 0.6 is 11.6 Å². The van der Waals surface area contributed by atoms with Crippen LogP contribution in [0.1, 0.15) is 5.69 Å². The van der Waals surface area contributed by atoms with Gasteiger partial charge in [0.1, 0.15) is 17.0 Å². The molecule has 0 spiro atoms. The molecule has 4 rings (SSSR count). The molecule has 2 aromatic carbocycles. The molecular formula is C17H12ClN5O2. The van der Waals surface area contributed by atoms with Crippen LogP contribution in [0.25, 0.3) is 10.9 Å². The standard InChI is InChI=1S/C17H12ClN5O2/c18-11-1-3-13(4-2-11)25-14-5-6-16-15(7-14)17(24)23(22-21-16)9-12-8-19-10-20-12/h1-8,10H,9H2,(H,19,20). The molecule has 124 valence electrons. The van der Waals surface area contributed by atoms with Gasteiger partial charge in [0, 0.05) is 11.2 Å². The summed E-state index contributed by atoms with van der Waals surface area (Å²) >= 11 is 5.87. The van der Waals surface area contributed by atoms with E-state index in [1.807, 2.05) is 0 Å². The van der Waals surface area contributed by atoms with Gasteiger partial charge >= 0.3 is 0 Å². The second-order valence-electron chi connectivity index (χ2n) is 5.36. The monoisotopic (exact) mass is 353 g/mol. The van der Waals surface area contributed by atoms with Gasteiger partial charge in [0.15, 0.2) is 0 Å². The summed E-state index contributed by atoms with van der Waals surface area (Å²) in [5.74, 6) is 1.16. The number of fused-ring (bicyclic) bond motifs is 1. The number of ether oxygens (including phenoxy) is 1. The van der Waals surface area contributed by atoms with E-state index >= 15 is 0 Å². The number of rotatable bonds is 4. The lowest BCUT2D eigenvalue weighted by Crippen LogP contribution is -2.24. The molecule has 0 aliphatic rings. The Balaban J connectivity index is 1.69. The Labute approximate surface area is 146 Å². The number of H-pyrrole nitrogens is 1. The van der Waals surface area contributed by atoms with E-state index in [1.165, 1.54) is 4.68 Å². The van der Waals surface area contributed by atoms with Crippen LogP contribution in [0.5, 0.6) is 11.5 Å². The minimum absolute atomic E-state index is 0.249. The Morgan fingerprint density at radius 1 is 1.12 bits per heavy atom. The average Bonchev–Trinajstić information content (AvgIpc) is 3.13. The first kappa shape index (κ1) is 15.3. The highest BCUT2D eigenvalue weighted by molar-refractivity contribution is 6.30. The molecule has 2 aromatic heterocycles. The second kappa shape index (κ2) is 6.37. The number of imidazole rings is 1. The average molecular weight is 354 g/mol. The zero-order chi connectivity index (χ0) is 17.2. The van der Waals surface area contributed by atoms with Gasteiger partial charge in [-0.3, -0.25) is 4.79 Å². The topological polar surface area (TPSA) is 85.7 Å². The van der Waals surface area contributed by atoms with Crippen molar-refractivity contribution in [3.63, 3.8) is 0 Å².